The average molecular weight is 404 g/mol. The number of nitrogens with zero attached hydrogens (tertiary/aromatic N) is 2. The normalized spacial score (nSPS) is 15.8. The fourth-order valence-electron chi connectivity index (χ4n) is 3.38. The molecule has 1 aliphatic rings. The number of hydrogen-bond acceptors (Lipinski definition) is 5. The highest BCUT2D eigenvalue weighted by molar-refractivity contribution is 6.32. The minimum atomic E-state index is -0.104. The van der Waals surface area contributed by atoms with Crippen molar-refractivity contribution in [1.82, 2.24) is 4.90 Å². The van der Waals surface area contributed by atoms with Gasteiger partial charge >= 0.3 is 0 Å². The molecule has 0 spiro atoms. The minimum Gasteiger partial charge on any atom is -0.495 e. The van der Waals surface area contributed by atoms with E-state index in [0.717, 1.165) is 24.5 Å². The van der Waals surface area contributed by atoms with Crippen LogP contribution in [0.1, 0.15) is 6.92 Å². The lowest BCUT2D eigenvalue weighted by Crippen LogP contribution is -2.46. The maximum atomic E-state index is 12.4. The number of anilines is 2. The lowest BCUT2D eigenvalue weighted by atomic mass is 10.2. The first-order valence-corrected chi connectivity index (χ1v) is 9.70. The third kappa shape index (κ3) is 4.88. The average Bonchev–Trinajstić information content (AvgIpc) is 2.67. The number of nitrogens with one attached hydrogen (secondary N) is 1. The van der Waals surface area contributed by atoms with Crippen molar-refractivity contribution in [2.45, 2.75) is 13.0 Å². The van der Waals surface area contributed by atoms with Crippen molar-refractivity contribution in [3.05, 3.63) is 47.5 Å². The zero-order valence-corrected chi connectivity index (χ0v) is 17.2. The fourth-order valence-corrected chi connectivity index (χ4v) is 3.63. The van der Waals surface area contributed by atoms with E-state index in [4.69, 9.17) is 21.1 Å². The molecule has 150 valence electrons. The number of para-hydroxylation sites is 2. The molecule has 1 amide bonds. The number of amides is 1. The van der Waals surface area contributed by atoms with Crippen LogP contribution in [0.25, 0.3) is 0 Å². The first-order valence-electron chi connectivity index (χ1n) is 9.32. The van der Waals surface area contributed by atoms with Gasteiger partial charge in [-0.3, -0.25) is 9.69 Å². The molecule has 0 aromatic heterocycles. The molecule has 0 aliphatic carbocycles. The maximum absolute atomic E-state index is 12.4. The number of halogens is 1. The van der Waals surface area contributed by atoms with Crippen molar-refractivity contribution in [1.29, 1.82) is 0 Å². The third-order valence-corrected chi connectivity index (χ3v) is 4.97. The molecule has 7 heteroatoms. The molecular formula is C21H26ClN3O3. The highest BCUT2D eigenvalue weighted by Gasteiger charge is 2.25. The van der Waals surface area contributed by atoms with E-state index in [1.165, 1.54) is 0 Å². The number of hydrogen-bond donors (Lipinski definition) is 1. The first-order chi connectivity index (χ1) is 13.5. The topological polar surface area (TPSA) is 54.0 Å². The van der Waals surface area contributed by atoms with Crippen LogP contribution in [-0.2, 0) is 4.79 Å². The second kappa shape index (κ2) is 9.17. The molecule has 1 N–H and O–H groups in total. The molecule has 6 nitrogen and oxygen atoms in total. The Balaban J connectivity index is 1.54. The number of likely N-dealkylation sites (N-methyl/N-ethyl adjacent to an activating group) is 2. The van der Waals surface area contributed by atoms with Crippen molar-refractivity contribution >= 4 is 28.9 Å². The van der Waals surface area contributed by atoms with E-state index in [0.29, 0.717) is 23.0 Å². The molecule has 1 aliphatic heterocycles. The van der Waals surface area contributed by atoms with E-state index in [2.05, 4.69) is 23.2 Å². The predicted molar refractivity (Wildman–Crippen MR) is 113 cm³/mol. The van der Waals surface area contributed by atoms with Crippen LogP contribution in [0.15, 0.2) is 42.5 Å². The molecule has 0 saturated carbocycles. The van der Waals surface area contributed by atoms with Gasteiger partial charge in [0.2, 0.25) is 5.91 Å². The summed E-state index contributed by atoms with van der Waals surface area (Å²) in [5.74, 6) is 1.37. The Bertz CT molecular complexity index is 830. The second-order valence-electron chi connectivity index (χ2n) is 6.84. The maximum Gasteiger partial charge on any atom is 0.238 e. The van der Waals surface area contributed by atoms with E-state index < -0.39 is 0 Å². The molecule has 0 bridgehead atoms. The van der Waals surface area contributed by atoms with Gasteiger partial charge in [-0.1, -0.05) is 23.7 Å². The Morgan fingerprint density at radius 1 is 1.36 bits per heavy atom. The Labute approximate surface area is 171 Å². The van der Waals surface area contributed by atoms with Gasteiger partial charge in [-0.05, 0) is 44.3 Å². The van der Waals surface area contributed by atoms with Crippen LogP contribution < -0.4 is 19.7 Å². The summed E-state index contributed by atoms with van der Waals surface area (Å²) in [5.41, 5.74) is 1.77. The summed E-state index contributed by atoms with van der Waals surface area (Å²) in [4.78, 5) is 16.6. The molecule has 1 atom stereocenters. The highest BCUT2D eigenvalue weighted by atomic mass is 35.5. The fraction of sp³-hybridized carbons (Fsp3) is 0.381. The summed E-state index contributed by atoms with van der Waals surface area (Å²) >= 11 is 6.11. The van der Waals surface area contributed by atoms with E-state index >= 15 is 0 Å². The predicted octanol–water partition coefficient (Wildman–Crippen LogP) is 3.51. The van der Waals surface area contributed by atoms with Crippen LogP contribution in [0.2, 0.25) is 5.02 Å². The van der Waals surface area contributed by atoms with Crippen molar-refractivity contribution in [3.8, 4) is 11.5 Å². The van der Waals surface area contributed by atoms with E-state index in [9.17, 15) is 4.79 Å². The number of benzene rings is 2. The van der Waals surface area contributed by atoms with E-state index in [1.54, 1.807) is 25.3 Å². The summed E-state index contributed by atoms with van der Waals surface area (Å²) in [6.45, 7) is 4.77. The van der Waals surface area contributed by atoms with Crippen LogP contribution in [-0.4, -0.2) is 57.2 Å². The number of fused-ring (bicyclic) bond motifs is 1. The van der Waals surface area contributed by atoms with Gasteiger partial charge in [0.15, 0.2) is 0 Å². The molecule has 1 unspecified atom stereocenters. The summed E-state index contributed by atoms with van der Waals surface area (Å²) < 4.78 is 11.3. The highest BCUT2D eigenvalue weighted by Crippen LogP contribution is 2.33. The monoisotopic (exact) mass is 403 g/mol. The van der Waals surface area contributed by atoms with E-state index in [-0.39, 0.29) is 18.6 Å². The van der Waals surface area contributed by atoms with Crippen LogP contribution in [0.3, 0.4) is 0 Å². The van der Waals surface area contributed by atoms with Crippen LogP contribution in [0, 0.1) is 0 Å². The minimum absolute atomic E-state index is 0.00285. The number of ether oxygens (including phenoxy) is 2. The molecular weight excluding hydrogens is 378 g/mol. The third-order valence-electron chi connectivity index (χ3n) is 4.67. The van der Waals surface area contributed by atoms with Gasteiger partial charge in [0, 0.05) is 18.8 Å². The Kier molecular flexibility index (Phi) is 6.65. The summed E-state index contributed by atoms with van der Waals surface area (Å²) in [6, 6.07) is 13.2. The first kappa shape index (κ1) is 20.3. The van der Waals surface area contributed by atoms with Crippen molar-refractivity contribution in [2.24, 2.45) is 0 Å². The quantitative estimate of drug-likeness (QED) is 0.766. The zero-order valence-electron chi connectivity index (χ0n) is 16.4. The van der Waals surface area contributed by atoms with Gasteiger partial charge in [-0.15, -0.1) is 0 Å². The molecule has 2 aromatic rings. The molecule has 0 radical (unpaired) electrons. The SMILES string of the molecule is CCN1CC(CN(C)CC(=O)Nc2ccc(OC)c(Cl)c2)Oc2ccccc21. The van der Waals surface area contributed by atoms with Gasteiger partial charge in [0.1, 0.15) is 17.6 Å². The van der Waals surface area contributed by atoms with Gasteiger partial charge in [-0.2, -0.15) is 0 Å². The van der Waals surface area contributed by atoms with Crippen LogP contribution in [0.5, 0.6) is 11.5 Å². The van der Waals surface area contributed by atoms with Gasteiger partial charge in [0.25, 0.3) is 0 Å². The molecule has 3 rings (SSSR count). The van der Waals surface area contributed by atoms with Gasteiger partial charge in [0.05, 0.1) is 30.9 Å². The van der Waals surface area contributed by atoms with Crippen LogP contribution in [0.4, 0.5) is 11.4 Å². The molecule has 28 heavy (non-hydrogen) atoms. The molecule has 0 saturated heterocycles. The Morgan fingerprint density at radius 2 is 2.14 bits per heavy atom. The molecule has 1 heterocycles. The molecule has 2 aromatic carbocycles. The summed E-state index contributed by atoms with van der Waals surface area (Å²) in [5, 5.41) is 3.33. The van der Waals surface area contributed by atoms with Crippen molar-refractivity contribution in [3.63, 3.8) is 0 Å². The standard InChI is InChI=1S/C21H26ClN3O3/c1-4-25-13-16(28-20-8-6-5-7-18(20)25)12-24(2)14-21(26)23-15-9-10-19(27-3)17(22)11-15/h5-11,16H,4,12-14H2,1-3H3,(H,23,26). The number of carbonyl (C=O) groups is 1. The largest absolute Gasteiger partial charge is 0.495 e. The second-order valence-corrected chi connectivity index (χ2v) is 7.25. The van der Waals surface area contributed by atoms with Gasteiger partial charge in [-0.25, -0.2) is 0 Å². The van der Waals surface area contributed by atoms with E-state index in [1.807, 2.05) is 30.1 Å². The Hall–Kier alpha value is -2.44. The number of rotatable bonds is 7. The van der Waals surface area contributed by atoms with Crippen molar-refractivity contribution in [2.75, 3.05) is 50.6 Å². The van der Waals surface area contributed by atoms with Crippen molar-refractivity contribution < 1.29 is 14.3 Å². The van der Waals surface area contributed by atoms with Gasteiger partial charge < -0.3 is 19.7 Å². The lowest BCUT2D eigenvalue weighted by Gasteiger charge is -2.37. The lowest BCUT2D eigenvalue weighted by molar-refractivity contribution is -0.117. The van der Waals surface area contributed by atoms with Crippen LogP contribution >= 0.6 is 11.6 Å². The Morgan fingerprint density at radius 3 is 2.86 bits per heavy atom. The summed E-state index contributed by atoms with van der Waals surface area (Å²) in [6.07, 6.45) is 0.00285. The zero-order chi connectivity index (χ0) is 20.1. The summed E-state index contributed by atoms with van der Waals surface area (Å²) in [7, 11) is 3.47. The number of methoxy groups -OCH3 is 1. The smallest absolute Gasteiger partial charge is 0.238 e. The molecule has 0 fully saturated rings. The number of carbonyl (C=O) groups excluding carboxylic acids is 1.